The molecule has 0 aliphatic rings. The van der Waals surface area contributed by atoms with Gasteiger partial charge in [0.2, 0.25) is 23.6 Å². The molecular formula is C47H91N5O18S2. The highest BCUT2D eigenvalue weighted by Gasteiger charge is 2.08. The molecule has 0 bridgehead atoms. The largest absolute Gasteiger partial charge is 0.450 e. The van der Waals surface area contributed by atoms with Gasteiger partial charge in [-0.05, 0) is 49.3 Å². The Morgan fingerprint density at radius 3 is 1.11 bits per heavy atom. The highest BCUT2D eigenvalue weighted by atomic mass is 33.1. The molecule has 0 saturated heterocycles. The lowest BCUT2D eigenvalue weighted by Crippen LogP contribution is -2.30. The molecule has 0 unspecified atom stereocenters. The first-order chi connectivity index (χ1) is 35.0. The molecule has 0 saturated carbocycles. The summed E-state index contributed by atoms with van der Waals surface area (Å²) in [5.74, 6) is -0.212. The summed E-state index contributed by atoms with van der Waals surface area (Å²) in [6, 6.07) is 0. The molecule has 0 atom stereocenters. The Bertz CT molecular complexity index is 1410. The Morgan fingerprint density at radius 2 is 0.694 bits per heavy atom. The molecule has 0 fully saturated rings. The van der Waals surface area contributed by atoms with E-state index in [2.05, 4.69) is 33.5 Å². The number of unbranched alkanes of at least 4 members (excludes halogenated alkanes) is 3. The second-order valence-corrected chi connectivity index (χ2v) is 20.5. The second-order valence-electron chi connectivity index (χ2n) is 15.9. The lowest BCUT2D eigenvalue weighted by Gasteiger charge is -2.09. The van der Waals surface area contributed by atoms with E-state index in [0.717, 1.165) is 42.7 Å². The van der Waals surface area contributed by atoms with Gasteiger partial charge < -0.3 is 78.7 Å². The summed E-state index contributed by atoms with van der Waals surface area (Å²) >= 11 is 0. The number of hydrogen-bond donors (Lipinski definition) is 5. The molecule has 0 rings (SSSR count). The third kappa shape index (κ3) is 57.9. The van der Waals surface area contributed by atoms with Crippen LogP contribution in [0.1, 0.15) is 90.4 Å². The molecule has 0 aliphatic carbocycles. The average molecular weight is 1080 g/mol. The van der Waals surface area contributed by atoms with E-state index < -0.39 is 8.87 Å². The predicted molar refractivity (Wildman–Crippen MR) is 273 cm³/mol. The standard InChI is InChI=1S/C47H91N5O18S2/c1-3-4-5-6-25-70-47(57)52-19-11-24-63-31-37-67-35-29-61-22-9-17-49-44(54)13-14-45(55)51-20-27-65-33-39-69-41-40-68-38-32-64-26-15-46(56)50-18-10-23-62-30-36-66-34-28-60-21-8-16-48-43(53)12-7-42-71-72(2,58)59/h3-42H2,1-2H3,(H,48,53)(H,49,54)(H,50,56)(H,51,55)(H,52,57). The molecule has 5 amide bonds. The molecule has 0 aromatic carbocycles. The summed E-state index contributed by atoms with van der Waals surface area (Å²) in [5, 5.41) is 13.8. The highest BCUT2D eigenvalue weighted by molar-refractivity contribution is 8.71. The monoisotopic (exact) mass is 1080 g/mol. The first-order valence-electron chi connectivity index (χ1n) is 25.6. The van der Waals surface area contributed by atoms with Gasteiger partial charge in [-0.1, -0.05) is 26.2 Å². The predicted octanol–water partition coefficient (Wildman–Crippen LogP) is 2.13. The molecule has 23 nitrogen and oxygen atoms in total. The zero-order valence-electron chi connectivity index (χ0n) is 43.4. The smallest absolute Gasteiger partial charge is 0.407 e. The minimum atomic E-state index is -3.07. The Labute approximate surface area is 432 Å². The van der Waals surface area contributed by atoms with Gasteiger partial charge in [-0.15, -0.1) is 0 Å². The summed E-state index contributed by atoms with van der Waals surface area (Å²) in [6.07, 6.45) is 8.96. The van der Waals surface area contributed by atoms with Crippen molar-refractivity contribution in [3.63, 3.8) is 0 Å². The zero-order valence-corrected chi connectivity index (χ0v) is 45.1. The van der Waals surface area contributed by atoms with Crippen LogP contribution in [0.4, 0.5) is 4.79 Å². The van der Waals surface area contributed by atoms with Crippen LogP contribution in [0.3, 0.4) is 0 Å². The number of amides is 5. The maximum absolute atomic E-state index is 12.0. The van der Waals surface area contributed by atoms with E-state index in [-0.39, 0.29) is 49.0 Å². The SMILES string of the molecule is CCCCCCOC(=O)NCCCOCCOCCOCCCNC(=O)CCC(=O)NCCOCCOCCOCCOCCC(=O)NCCCOCCOCCOCCCNC(=O)CCCSS(C)(=O)=O. The van der Waals surface area contributed by atoms with Gasteiger partial charge in [0.1, 0.15) is 0 Å². The zero-order chi connectivity index (χ0) is 52.7. The Kier molecular flexibility index (Phi) is 52.1. The van der Waals surface area contributed by atoms with Crippen LogP contribution in [0.5, 0.6) is 0 Å². The van der Waals surface area contributed by atoms with Gasteiger partial charge in [0, 0.05) is 96.8 Å². The molecule has 0 spiro atoms. The summed E-state index contributed by atoms with van der Waals surface area (Å²) in [7, 11) is -2.22. The molecule has 0 radical (unpaired) electrons. The van der Waals surface area contributed by atoms with Crippen molar-refractivity contribution >= 4 is 49.4 Å². The lowest BCUT2D eigenvalue weighted by molar-refractivity contribution is -0.126. The number of ether oxygens (including phenoxy) is 11. The molecule has 0 aromatic heterocycles. The maximum Gasteiger partial charge on any atom is 0.407 e. The third-order valence-corrected chi connectivity index (χ3v) is 12.1. The van der Waals surface area contributed by atoms with Crippen LogP contribution >= 0.6 is 10.8 Å². The Balaban J connectivity index is 3.33. The summed E-state index contributed by atoms with van der Waals surface area (Å²) < 4.78 is 82.1. The van der Waals surface area contributed by atoms with Crippen molar-refractivity contribution in [2.45, 2.75) is 90.4 Å². The van der Waals surface area contributed by atoms with Crippen molar-refractivity contribution in [1.29, 1.82) is 0 Å². The second kappa shape index (κ2) is 54.3. The van der Waals surface area contributed by atoms with Gasteiger partial charge in [0.15, 0.2) is 8.87 Å². The Morgan fingerprint density at radius 1 is 0.347 bits per heavy atom. The van der Waals surface area contributed by atoms with Crippen LogP contribution in [-0.2, 0) is 80.2 Å². The highest BCUT2D eigenvalue weighted by Crippen LogP contribution is 2.11. The van der Waals surface area contributed by atoms with E-state index in [1.54, 1.807) is 0 Å². The Hall–Kier alpha value is -2.95. The van der Waals surface area contributed by atoms with E-state index in [1.807, 2.05) is 0 Å². The summed E-state index contributed by atoms with van der Waals surface area (Å²) in [5.41, 5.74) is 0. The van der Waals surface area contributed by atoms with E-state index in [1.165, 1.54) is 0 Å². The fourth-order valence-electron chi connectivity index (χ4n) is 5.61. The molecule has 0 aliphatic heterocycles. The van der Waals surface area contributed by atoms with Gasteiger partial charge >= 0.3 is 6.09 Å². The molecule has 72 heavy (non-hydrogen) atoms. The van der Waals surface area contributed by atoms with E-state index in [9.17, 15) is 32.4 Å². The quantitative estimate of drug-likeness (QED) is 0.0431. The molecule has 25 heteroatoms. The average Bonchev–Trinajstić information content (AvgIpc) is 3.35. The molecule has 5 N–H and O–H groups in total. The normalized spacial score (nSPS) is 11.4. The molecular weight excluding hydrogens is 987 g/mol. The van der Waals surface area contributed by atoms with Crippen LogP contribution in [0.2, 0.25) is 0 Å². The minimum Gasteiger partial charge on any atom is -0.450 e. The van der Waals surface area contributed by atoms with Crippen LogP contribution < -0.4 is 26.6 Å². The van der Waals surface area contributed by atoms with Gasteiger partial charge in [0.25, 0.3) is 0 Å². The van der Waals surface area contributed by atoms with Crippen LogP contribution in [0.15, 0.2) is 0 Å². The lowest BCUT2D eigenvalue weighted by atomic mass is 10.2. The number of carbonyl (C=O) groups is 5. The number of nitrogens with one attached hydrogen (secondary N) is 5. The molecule has 0 heterocycles. The number of carbonyl (C=O) groups excluding carboxylic acids is 5. The van der Waals surface area contributed by atoms with Gasteiger partial charge in [-0.25, -0.2) is 13.2 Å². The van der Waals surface area contributed by atoms with E-state index >= 15 is 0 Å². The van der Waals surface area contributed by atoms with Crippen molar-refractivity contribution in [3.8, 4) is 0 Å². The number of alkyl carbamates (subject to hydrolysis) is 1. The fourth-order valence-corrected chi connectivity index (χ4v) is 7.44. The van der Waals surface area contributed by atoms with Crippen molar-refractivity contribution in [1.82, 2.24) is 26.6 Å². The van der Waals surface area contributed by atoms with Gasteiger partial charge in [-0.2, -0.15) is 0 Å². The first kappa shape index (κ1) is 69.0. The minimum absolute atomic E-state index is 0.0871. The third-order valence-electron chi connectivity index (χ3n) is 9.40. The first-order valence-corrected chi connectivity index (χ1v) is 29.0. The maximum atomic E-state index is 12.0. The summed E-state index contributed by atoms with van der Waals surface area (Å²) in [6.45, 7) is 13.3. The number of hydrogen-bond acceptors (Lipinski definition) is 19. The van der Waals surface area contributed by atoms with Gasteiger partial charge in [-0.3, -0.25) is 19.2 Å². The van der Waals surface area contributed by atoms with E-state index in [0.29, 0.717) is 216 Å². The van der Waals surface area contributed by atoms with Crippen molar-refractivity contribution in [2.75, 3.05) is 183 Å². The fraction of sp³-hybridized carbons (Fsp3) is 0.894. The van der Waals surface area contributed by atoms with Crippen LogP contribution in [-0.4, -0.2) is 222 Å². The van der Waals surface area contributed by atoms with Crippen molar-refractivity contribution in [3.05, 3.63) is 0 Å². The van der Waals surface area contributed by atoms with E-state index in [4.69, 9.17) is 52.1 Å². The van der Waals surface area contributed by atoms with Crippen molar-refractivity contribution < 1.29 is 84.5 Å². The topological polar surface area (TPSA) is 281 Å². The summed E-state index contributed by atoms with van der Waals surface area (Å²) in [4.78, 5) is 59.4. The number of rotatable bonds is 56. The molecule has 0 aromatic rings. The van der Waals surface area contributed by atoms with Crippen LogP contribution in [0, 0.1) is 0 Å². The van der Waals surface area contributed by atoms with Gasteiger partial charge in [0.05, 0.1) is 112 Å². The van der Waals surface area contributed by atoms with Crippen LogP contribution in [0.25, 0.3) is 0 Å². The molecule has 424 valence electrons. The van der Waals surface area contributed by atoms with Crippen molar-refractivity contribution in [2.24, 2.45) is 0 Å².